The van der Waals surface area contributed by atoms with Gasteiger partial charge >= 0.3 is 0 Å². The van der Waals surface area contributed by atoms with Gasteiger partial charge in [0.1, 0.15) is 4.83 Å². The highest BCUT2D eigenvalue weighted by molar-refractivity contribution is 7.19. The van der Waals surface area contributed by atoms with Crippen molar-refractivity contribution in [2.24, 2.45) is 0 Å². The van der Waals surface area contributed by atoms with Gasteiger partial charge in [-0.05, 0) is 26.3 Å². The van der Waals surface area contributed by atoms with Gasteiger partial charge < -0.3 is 0 Å². The average molecular weight is 388 g/mol. The summed E-state index contributed by atoms with van der Waals surface area (Å²) in [6, 6.07) is 16.5. The number of rotatable bonds is 4. The third-order valence-electron chi connectivity index (χ3n) is 5.01. The van der Waals surface area contributed by atoms with E-state index in [1.165, 1.54) is 27.8 Å². The van der Waals surface area contributed by atoms with Gasteiger partial charge in [0.2, 0.25) is 0 Å². The minimum Gasteiger partial charge on any atom is -0.292 e. The molecule has 0 saturated carbocycles. The largest absolute Gasteiger partial charge is 0.292 e. The fourth-order valence-corrected chi connectivity index (χ4v) is 4.43. The van der Waals surface area contributed by atoms with Gasteiger partial charge in [0.25, 0.3) is 5.56 Å². The Morgan fingerprint density at radius 2 is 1.71 bits per heavy atom. The molecular weight excluding hydrogens is 368 g/mol. The molecule has 4 nitrogen and oxygen atoms in total. The monoisotopic (exact) mass is 388 g/mol. The van der Waals surface area contributed by atoms with Crippen LogP contribution in [-0.4, -0.2) is 15.3 Å². The number of aromatic nitrogens is 2. The molecule has 0 amide bonds. The van der Waals surface area contributed by atoms with Crippen molar-refractivity contribution in [1.29, 1.82) is 0 Å². The minimum atomic E-state index is -0.627. The number of hydrogen-bond acceptors (Lipinski definition) is 4. The van der Waals surface area contributed by atoms with E-state index in [4.69, 9.17) is 0 Å². The molecule has 2 aromatic heterocycles. The molecule has 0 saturated heterocycles. The van der Waals surface area contributed by atoms with Crippen LogP contribution in [0.1, 0.15) is 33.8 Å². The Hall–Kier alpha value is -3.05. The van der Waals surface area contributed by atoms with E-state index < -0.39 is 6.04 Å². The van der Waals surface area contributed by atoms with E-state index in [1.807, 2.05) is 56.3 Å². The smallest absolute Gasteiger partial charge is 0.263 e. The highest BCUT2D eigenvalue weighted by Crippen LogP contribution is 2.35. The van der Waals surface area contributed by atoms with Crippen LogP contribution in [0.15, 0.2) is 65.7 Å². The van der Waals surface area contributed by atoms with Crippen molar-refractivity contribution in [3.05, 3.63) is 87.3 Å². The molecule has 0 aliphatic heterocycles. The van der Waals surface area contributed by atoms with Crippen molar-refractivity contribution in [2.75, 3.05) is 0 Å². The first-order chi connectivity index (χ1) is 13.5. The molecule has 0 fully saturated rings. The second-order valence-corrected chi connectivity index (χ2v) is 8.15. The molecule has 0 bridgehead atoms. The summed E-state index contributed by atoms with van der Waals surface area (Å²) in [7, 11) is 0. The lowest BCUT2D eigenvalue weighted by Gasteiger charge is -2.14. The lowest BCUT2D eigenvalue weighted by molar-refractivity contribution is 0.0932. The second-order valence-electron chi connectivity index (χ2n) is 6.94. The van der Waals surface area contributed by atoms with Gasteiger partial charge in [-0.25, -0.2) is 4.98 Å². The van der Waals surface area contributed by atoms with E-state index >= 15 is 0 Å². The molecule has 4 rings (SSSR count). The SMILES string of the molecule is Cc1ccc(-c2c(C)sc3ncn(C(C)C(=O)c4ccccc4)c(=O)c23)cc1. The Kier molecular flexibility index (Phi) is 4.69. The van der Waals surface area contributed by atoms with Crippen molar-refractivity contribution < 1.29 is 4.79 Å². The van der Waals surface area contributed by atoms with Crippen molar-refractivity contribution >= 4 is 27.3 Å². The number of ketones is 1. The normalized spacial score (nSPS) is 12.2. The maximum Gasteiger partial charge on any atom is 0.263 e. The number of aryl methyl sites for hydroxylation is 2. The fourth-order valence-electron chi connectivity index (χ4n) is 3.43. The molecule has 4 aromatic rings. The van der Waals surface area contributed by atoms with Crippen molar-refractivity contribution in [1.82, 2.24) is 9.55 Å². The Balaban J connectivity index is 1.87. The number of benzene rings is 2. The summed E-state index contributed by atoms with van der Waals surface area (Å²) in [5, 5.41) is 0.585. The second kappa shape index (κ2) is 7.17. The Morgan fingerprint density at radius 3 is 2.39 bits per heavy atom. The molecule has 0 N–H and O–H groups in total. The van der Waals surface area contributed by atoms with Crippen LogP contribution in [-0.2, 0) is 0 Å². The lowest BCUT2D eigenvalue weighted by Crippen LogP contribution is -2.28. The number of fused-ring (bicyclic) bond motifs is 1. The molecule has 1 unspecified atom stereocenters. The number of thiophene rings is 1. The number of Topliss-reactive ketones (excluding diaryl/α,β-unsaturated/α-hetero) is 1. The van der Waals surface area contributed by atoms with E-state index in [0.717, 1.165) is 16.0 Å². The molecule has 140 valence electrons. The first-order valence-corrected chi connectivity index (χ1v) is 9.95. The maximum atomic E-state index is 13.4. The molecular formula is C23H20N2O2S. The van der Waals surface area contributed by atoms with Crippen LogP contribution in [0.25, 0.3) is 21.3 Å². The molecule has 0 aliphatic rings. The van der Waals surface area contributed by atoms with Gasteiger partial charge in [0.05, 0.1) is 17.8 Å². The molecule has 2 heterocycles. The third-order valence-corrected chi connectivity index (χ3v) is 6.02. The van der Waals surface area contributed by atoms with E-state index in [2.05, 4.69) is 4.98 Å². The van der Waals surface area contributed by atoms with Crippen molar-refractivity contribution in [3.8, 4) is 11.1 Å². The van der Waals surface area contributed by atoms with Gasteiger partial charge in [0.15, 0.2) is 5.78 Å². The summed E-state index contributed by atoms with van der Waals surface area (Å²) in [6.07, 6.45) is 1.49. The number of carbonyl (C=O) groups is 1. The van der Waals surface area contributed by atoms with Gasteiger partial charge in [-0.15, -0.1) is 11.3 Å². The van der Waals surface area contributed by atoms with Crippen LogP contribution >= 0.6 is 11.3 Å². The Labute approximate surface area is 167 Å². The van der Waals surface area contributed by atoms with Crippen molar-refractivity contribution in [3.63, 3.8) is 0 Å². The molecule has 0 aliphatic carbocycles. The number of hydrogen-bond donors (Lipinski definition) is 0. The van der Waals surface area contributed by atoms with Gasteiger partial charge in [-0.3, -0.25) is 14.2 Å². The zero-order valence-corrected chi connectivity index (χ0v) is 16.8. The Bertz CT molecular complexity index is 1220. The summed E-state index contributed by atoms with van der Waals surface area (Å²) in [5.74, 6) is -0.104. The average Bonchev–Trinajstić information content (AvgIpc) is 3.05. The molecule has 2 aromatic carbocycles. The van der Waals surface area contributed by atoms with Crippen LogP contribution in [0.2, 0.25) is 0 Å². The minimum absolute atomic E-state index is 0.104. The first kappa shape index (κ1) is 18.3. The maximum absolute atomic E-state index is 13.4. The summed E-state index contributed by atoms with van der Waals surface area (Å²) in [4.78, 5) is 32.4. The van der Waals surface area contributed by atoms with Crippen molar-refractivity contribution in [2.45, 2.75) is 26.8 Å². The topological polar surface area (TPSA) is 52.0 Å². The first-order valence-electron chi connectivity index (χ1n) is 9.14. The van der Waals surface area contributed by atoms with Gasteiger partial charge in [-0.2, -0.15) is 0 Å². The quantitative estimate of drug-likeness (QED) is 0.452. The fraction of sp³-hybridized carbons (Fsp3) is 0.174. The van der Waals surface area contributed by atoms with Crippen LogP contribution in [0.3, 0.4) is 0 Å². The summed E-state index contributed by atoms with van der Waals surface area (Å²) in [5.41, 5.74) is 3.47. The van der Waals surface area contributed by atoms with E-state index in [9.17, 15) is 9.59 Å². The van der Waals surface area contributed by atoms with Crippen LogP contribution in [0.4, 0.5) is 0 Å². The van der Waals surface area contributed by atoms with Crippen LogP contribution in [0, 0.1) is 13.8 Å². The molecule has 1 atom stereocenters. The molecule has 28 heavy (non-hydrogen) atoms. The standard InChI is InChI=1S/C23H20N2O2S/c1-14-9-11-17(12-10-14)19-16(3)28-22-20(19)23(27)25(13-24-22)15(2)21(26)18-7-5-4-6-8-18/h4-13,15H,1-3H3. The molecule has 5 heteroatoms. The zero-order valence-electron chi connectivity index (χ0n) is 16.0. The summed E-state index contributed by atoms with van der Waals surface area (Å²) in [6.45, 7) is 5.78. The van der Waals surface area contributed by atoms with Gasteiger partial charge in [-0.1, -0.05) is 60.2 Å². The van der Waals surface area contributed by atoms with E-state index in [1.54, 1.807) is 19.1 Å². The molecule has 0 radical (unpaired) electrons. The van der Waals surface area contributed by atoms with Crippen LogP contribution in [0.5, 0.6) is 0 Å². The third kappa shape index (κ3) is 3.08. The summed E-state index contributed by atoms with van der Waals surface area (Å²) < 4.78 is 1.45. The highest BCUT2D eigenvalue weighted by Gasteiger charge is 2.22. The predicted molar refractivity (Wildman–Crippen MR) is 114 cm³/mol. The summed E-state index contributed by atoms with van der Waals surface area (Å²) >= 11 is 1.51. The van der Waals surface area contributed by atoms with E-state index in [-0.39, 0.29) is 11.3 Å². The van der Waals surface area contributed by atoms with Crippen LogP contribution < -0.4 is 5.56 Å². The predicted octanol–water partition coefficient (Wildman–Crippen LogP) is 5.19. The number of carbonyl (C=O) groups excluding carboxylic acids is 1. The number of nitrogens with zero attached hydrogens (tertiary/aromatic N) is 2. The Morgan fingerprint density at radius 1 is 1.04 bits per heavy atom. The zero-order chi connectivity index (χ0) is 19.8. The van der Waals surface area contributed by atoms with Gasteiger partial charge in [0, 0.05) is 16.0 Å². The van der Waals surface area contributed by atoms with E-state index in [0.29, 0.717) is 15.8 Å². The molecule has 0 spiro atoms. The lowest BCUT2D eigenvalue weighted by atomic mass is 10.0. The highest BCUT2D eigenvalue weighted by atomic mass is 32.1.